The molecule has 0 aliphatic rings. The molecular formula is C120H115Ir4N9-4. The van der Waals surface area contributed by atoms with Crippen molar-refractivity contribution in [1.29, 1.82) is 0 Å². The Morgan fingerprint density at radius 2 is 0.774 bits per heavy atom. The molecule has 19 rings (SSSR count). The molecule has 5 heterocycles. The van der Waals surface area contributed by atoms with Crippen molar-refractivity contribution in [1.82, 2.24) is 43.3 Å². The fourth-order valence-electron chi connectivity index (χ4n) is 17.6. The van der Waals surface area contributed by atoms with Crippen molar-refractivity contribution < 1.29 is 80.4 Å². The summed E-state index contributed by atoms with van der Waals surface area (Å²) in [7, 11) is 1.93. The molecule has 0 N–H and O–H groups in total. The zero-order valence-electron chi connectivity index (χ0n) is 79.9. The Morgan fingerprint density at radius 1 is 0.331 bits per heavy atom. The first-order valence-electron chi connectivity index (χ1n) is 44.8. The molecule has 0 spiro atoms. The molecule has 13 heteroatoms. The molecule has 9 nitrogen and oxygen atoms in total. The van der Waals surface area contributed by atoms with Crippen molar-refractivity contribution >= 4 is 27.3 Å². The largest absolute Gasteiger partial charge is 0.340 e. The maximum atomic E-state index is 4.81. The summed E-state index contributed by atoms with van der Waals surface area (Å²) in [4.78, 5) is 18.6. The van der Waals surface area contributed by atoms with Crippen LogP contribution in [0.15, 0.2) is 316 Å². The second-order valence-electron chi connectivity index (χ2n) is 38.6. The quantitative estimate of drug-likeness (QED) is 0.0899. The molecule has 0 unspecified atom stereocenters. The minimum atomic E-state index is 0. The number of hydrogen-bond acceptors (Lipinski definition) is 5. The molecule has 0 atom stereocenters. The molecule has 5 aromatic heterocycles. The van der Waals surface area contributed by atoms with Crippen molar-refractivity contribution in [3.05, 3.63) is 408 Å². The van der Waals surface area contributed by atoms with E-state index in [1.54, 1.807) is 0 Å². The molecule has 14 aromatic carbocycles. The molecule has 0 aliphatic heterocycles. The van der Waals surface area contributed by atoms with E-state index in [9.17, 15) is 0 Å². The number of aryl methyl sites for hydroxylation is 9. The zero-order chi connectivity index (χ0) is 91.0. The summed E-state index contributed by atoms with van der Waals surface area (Å²) in [5.74, 6) is 2.48. The van der Waals surface area contributed by atoms with Gasteiger partial charge in [-0.2, -0.15) is 5.10 Å². The second kappa shape index (κ2) is 41.9. The van der Waals surface area contributed by atoms with Gasteiger partial charge in [0.05, 0.1) is 35.0 Å². The van der Waals surface area contributed by atoms with Crippen LogP contribution in [0.2, 0.25) is 0 Å². The zero-order valence-corrected chi connectivity index (χ0v) is 89.5. The number of nitrogens with zero attached hydrogens (tertiary/aromatic N) is 9. The summed E-state index contributed by atoms with van der Waals surface area (Å²) < 4.78 is 8.39. The number of imidazole rings is 3. The van der Waals surface area contributed by atoms with Crippen LogP contribution in [0, 0.1) is 79.7 Å². The van der Waals surface area contributed by atoms with Gasteiger partial charge in [0.1, 0.15) is 5.82 Å². The van der Waals surface area contributed by atoms with Gasteiger partial charge in [0.25, 0.3) is 0 Å². The van der Waals surface area contributed by atoms with E-state index in [0.29, 0.717) is 0 Å². The third-order valence-electron chi connectivity index (χ3n) is 24.6. The number of fused-ring (bicyclic) bond motifs is 6. The van der Waals surface area contributed by atoms with Gasteiger partial charge in [-0.3, -0.25) is 24.6 Å². The Balaban J connectivity index is 0.000000165. The Kier molecular flexibility index (Phi) is 31.7. The number of aromatic nitrogens is 9. The van der Waals surface area contributed by atoms with Crippen LogP contribution in [0.25, 0.3) is 151 Å². The normalized spacial score (nSPS) is 11.4. The van der Waals surface area contributed by atoms with E-state index < -0.39 is 0 Å². The summed E-state index contributed by atoms with van der Waals surface area (Å²) in [6.45, 7) is 44.2. The molecule has 4 radical (unpaired) electrons. The molecule has 0 amide bonds. The number of pyridine rings is 1. The van der Waals surface area contributed by atoms with Gasteiger partial charge in [-0.25, -0.2) is 0 Å². The van der Waals surface area contributed by atoms with Crippen LogP contribution in [0.1, 0.15) is 150 Å². The molecule has 133 heavy (non-hydrogen) atoms. The summed E-state index contributed by atoms with van der Waals surface area (Å²) >= 11 is 0. The predicted octanol–water partition coefficient (Wildman–Crippen LogP) is 30.7. The summed E-state index contributed by atoms with van der Waals surface area (Å²) in [6, 6.07) is 116. The summed E-state index contributed by atoms with van der Waals surface area (Å²) in [5.41, 5.74) is 39.8. The molecule has 0 aliphatic carbocycles. The Bertz CT molecular complexity index is 7060. The number of hydrogen-bond donors (Lipinski definition) is 0. The Hall–Kier alpha value is -11.6. The summed E-state index contributed by atoms with van der Waals surface area (Å²) in [5, 5.41) is 7.95. The van der Waals surface area contributed by atoms with Crippen molar-refractivity contribution in [2.45, 2.75) is 160 Å². The molecule has 0 saturated carbocycles. The Morgan fingerprint density at radius 3 is 1.23 bits per heavy atom. The first-order chi connectivity index (χ1) is 61.7. The van der Waals surface area contributed by atoms with E-state index in [-0.39, 0.29) is 102 Å². The standard InChI is InChI=1S/C43H43N2.C36H38N3.C24H19N2.C17H15N2.4Ir/c1-29-24-34(25-30(2)40(29)45-23-22-44-41(45)33-12-10-9-11-13-33)37-27-35(31-14-18-38(19-15-31)42(3,4)5)26-36(28-37)32-16-20-39(21-17-32)43(6,7)8;1-24-37-34(39(8)38-24)28-11-9-10-27(20-28)31-22-29(25-12-16-32(17-13-25)35(2,3)4)21-30(23-31)26-14-18-33(19-15-26)36(5,6)7;1-15-11-12-21-20(13-15)18-9-4-5-10-19(18)24-25-14-22(26(21)24)23-16(2)7-6-8-17(23)3;1-13-7-6-8-14(2)17(13)19-11-16(18-12-19)15-9-4-3-5-10-15;;;;/h9-12,14-28H,1-8H3;9-10,12-23H,1-8H3;4-9,11-14H,1-3H3;3-9,11-12H,1-2H3;;;;/q4*-1;;;;. The number of benzene rings is 14. The second-order valence-corrected chi connectivity index (χ2v) is 38.6. The van der Waals surface area contributed by atoms with E-state index in [2.05, 4.69) is 421 Å². The first kappa shape index (κ1) is 100. The van der Waals surface area contributed by atoms with Crippen LogP contribution >= 0.6 is 0 Å². The molecule has 0 fully saturated rings. The monoisotopic (exact) mass is 2450 g/mol. The van der Waals surface area contributed by atoms with Gasteiger partial charge >= 0.3 is 0 Å². The number of rotatable bonds is 12. The van der Waals surface area contributed by atoms with E-state index in [0.717, 1.165) is 73.4 Å². The molecule has 0 saturated heterocycles. The Labute approximate surface area is 841 Å². The van der Waals surface area contributed by atoms with E-state index in [1.165, 1.54) is 144 Å². The summed E-state index contributed by atoms with van der Waals surface area (Å²) in [6.07, 6.45) is 9.85. The van der Waals surface area contributed by atoms with Crippen LogP contribution in [-0.2, 0) is 109 Å². The minimum absolute atomic E-state index is 0. The van der Waals surface area contributed by atoms with Gasteiger partial charge in [0.15, 0.2) is 0 Å². The van der Waals surface area contributed by atoms with Gasteiger partial charge < -0.3 is 13.5 Å². The van der Waals surface area contributed by atoms with Crippen LogP contribution < -0.4 is 0 Å². The average Bonchev–Trinajstić information content (AvgIpc) is 1.63. The van der Waals surface area contributed by atoms with Crippen molar-refractivity contribution in [3.63, 3.8) is 0 Å². The smallest absolute Gasteiger partial charge is 0.137 e. The maximum Gasteiger partial charge on any atom is 0.137 e. The fraction of sp³-hybridized carbons (Fsp3) is 0.208. The van der Waals surface area contributed by atoms with Crippen molar-refractivity contribution in [2.75, 3.05) is 0 Å². The fourth-order valence-corrected chi connectivity index (χ4v) is 17.6. The van der Waals surface area contributed by atoms with Crippen LogP contribution in [-0.4, -0.2) is 43.3 Å². The van der Waals surface area contributed by atoms with E-state index in [4.69, 9.17) is 9.97 Å². The van der Waals surface area contributed by atoms with Gasteiger partial charge in [0.2, 0.25) is 0 Å². The predicted molar refractivity (Wildman–Crippen MR) is 541 cm³/mol. The van der Waals surface area contributed by atoms with Gasteiger partial charge in [0, 0.05) is 129 Å². The first-order valence-corrected chi connectivity index (χ1v) is 44.8. The molecule has 0 bridgehead atoms. The SMILES string of the molecule is Cc1cc(-c2cc(-c3ccc(C(C)(C)C)cc3)cc(-c3ccc(C(C)(C)C)cc3)c2)cc(C)c1-n1ccnc1-c1[c-]cccc1.Cc1ccc2c(c1)c1ccc[c-]c1c1ncc(-c3c(C)cccc3C)n21.Cc1cccc(C)c1-n1cnc(-c2[c-]cccc2)c1.Cc1nc(-c2[c-]ccc(-c3cc(-c4ccc(C(C)(C)C)cc4)cc(-c4ccc(C(C)(C)C)cc4)c3)c2)n(C)n1.[Ir].[Ir].[Ir].[Ir]. The van der Waals surface area contributed by atoms with Crippen LogP contribution in [0.3, 0.4) is 0 Å². The van der Waals surface area contributed by atoms with E-state index >= 15 is 0 Å². The third-order valence-corrected chi connectivity index (χ3v) is 24.6. The number of para-hydroxylation sites is 1. The third kappa shape index (κ3) is 22.4. The minimum Gasteiger partial charge on any atom is -0.340 e. The van der Waals surface area contributed by atoms with Crippen LogP contribution in [0.5, 0.6) is 0 Å². The van der Waals surface area contributed by atoms with Gasteiger partial charge in [-0.1, -0.05) is 240 Å². The molecule has 19 aromatic rings. The van der Waals surface area contributed by atoms with Crippen molar-refractivity contribution in [2.24, 2.45) is 7.05 Å². The van der Waals surface area contributed by atoms with Crippen LogP contribution in [0.4, 0.5) is 0 Å². The molecular weight excluding hydrogens is 2340 g/mol. The molecule has 680 valence electrons. The average molecular weight is 2450 g/mol. The maximum absolute atomic E-state index is 4.81. The van der Waals surface area contributed by atoms with E-state index in [1.807, 2.05) is 98.2 Å². The van der Waals surface area contributed by atoms with Gasteiger partial charge in [-0.05, 0) is 260 Å². The topological polar surface area (TPSA) is 83.7 Å². The van der Waals surface area contributed by atoms with Crippen molar-refractivity contribution in [3.8, 4) is 123 Å². The van der Waals surface area contributed by atoms with Gasteiger partial charge in [-0.15, -0.1) is 137 Å².